The summed E-state index contributed by atoms with van der Waals surface area (Å²) in [4.78, 5) is 45.0. The number of carbonyl (C=O) groups excluding carboxylic acids is 3. The third-order valence-corrected chi connectivity index (χ3v) is 8.32. The second-order valence-corrected chi connectivity index (χ2v) is 11.3. The molecule has 11 nitrogen and oxygen atoms in total. The molecule has 5 rings (SSSR count). The Bertz CT molecular complexity index is 1310. The number of aliphatic hydroxyl groups is 1. The molecule has 3 saturated heterocycles. The maximum atomic E-state index is 14.6. The van der Waals surface area contributed by atoms with Crippen LogP contribution >= 0.6 is 0 Å². The van der Waals surface area contributed by atoms with Crippen LogP contribution in [0.4, 0.5) is 0 Å². The van der Waals surface area contributed by atoms with Crippen molar-refractivity contribution in [2.24, 2.45) is 17.8 Å². The van der Waals surface area contributed by atoms with Crippen LogP contribution in [0.5, 0.6) is 0 Å². The van der Waals surface area contributed by atoms with E-state index in [1.54, 1.807) is 15.7 Å². The van der Waals surface area contributed by atoms with Crippen LogP contribution < -0.4 is 0 Å². The van der Waals surface area contributed by atoms with Crippen LogP contribution in [0.1, 0.15) is 33.1 Å². The molecule has 214 valence electrons. The summed E-state index contributed by atoms with van der Waals surface area (Å²) in [5.41, 5.74) is 0.252. The molecule has 0 radical (unpaired) electrons. The van der Waals surface area contributed by atoms with Crippen molar-refractivity contribution < 1.29 is 29.0 Å². The molecule has 0 saturated carbocycles. The first-order valence-corrected chi connectivity index (χ1v) is 13.8. The summed E-state index contributed by atoms with van der Waals surface area (Å²) < 4.78 is 13.5. The summed E-state index contributed by atoms with van der Waals surface area (Å²) in [7, 11) is 0. The smallest absolute Gasteiger partial charge is 0.312 e. The standard InChI is InChI=1S/C29H37N5O6/c1-5-13-32(17-33-21-10-8-7-9-20(21)30-31-33)27(37)25-29-12-11-22(40-29)23(28(38)39-14-6-2)24(29)26(36)34(25)19(16-35)15-18(3)4/h5-10,18-19,22-25,35H,1-2,11-17H2,3-4H3/t19-,22+,23-,24+,25?,29?/m1/s1. The second-order valence-electron chi connectivity index (χ2n) is 11.3. The molecule has 0 aliphatic carbocycles. The Morgan fingerprint density at radius 1 is 1.30 bits per heavy atom. The first-order valence-electron chi connectivity index (χ1n) is 13.8. The number of fused-ring (bicyclic) bond motifs is 2. The van der Waals surface area contributed by atoms with Gasteiger partial charge in [0.1, 0.15) is 30.4 Å². The van der Waals surface area contributed by atoms with Gasteiger partial charge in [-0.1, -0.05) is 49.9 Å². The van der Waals surface area contributed by atoms with E-state index in [9.17, 15) is 19.5 Å². The fourth-order valence-corrected chi connectivity index (χ4v) is 6.82. The van der Waals surface area contributed by atoms with Gasteiger partial charge in [0, 0.05) is 6.54 Å². The quantitative estimate of drug-likeness (QED) is 0.313. The molecule has 1 aromatic heterocycles. The third kappa shape index (κ3) is 4.50. The number of hydrogen-bond acceptors (Lipinski definition) is 8. The van der Waals surface area contributed by atoms with Crippen LogP contribution in [-0.4, -0.2) is 91.2 Å². The first-order chi connectivity index (χ1) is 19.3. The zero-order valence-electron chi connectivity index (χ0n) is 23.0. The highest BCUT2D eigenvalue weighted by Gasteiger charge is 2.75. The number of hydrogen-bond donors (Lipinski definition) is 1. The molecule has 1 spiro atoms. The SMILES string of the molecule is C=CCOC(=O)[C@@H]1[C@@H]2CCC3(O2)C(C(=O)N(CC=C)Cn2nnc4ccccc42)N([C@@H](CO)CC(C)C)C(=O)[C@H]13. The lowest BCUT2D eigenvalue weighted by Gasteiger charge is -2.39. The van der Waals surface area contributed by atoms with Gasteiger partial charge in [0.15, 0.2) is 0 Å². The van der Waals surface area contributed by atoms with Gasteiger partial charge >= 0.3 is 5.97 Å². The van der Waals surface area contributed by atoms with Gasteiger partial charge in [0.2, 0.25) is 11.8 Å². The van der Waals surface area contributed by atoms with E-state index in [-0.39, 0.29) is 44.2 Å². The first kappa shape index (κ1) is 28.0. The van der Waals surface area contributed by atoms with Gasteiger partial charge in [-0.2, -0.15) is 0 Å². The maximum Gasteiger partial charge on any atom is 0.312 e. The molecule has 2 aromatic rings. The molecule has 2 bridgehead atoms. The van der Waals surface area contributed by atoms with Crippen molar-refractivity contribution in [3.8, 4) is 0 Å². The van der Waals surface area contributed by atoms with Crippen molar-refractivity contribution in [2.75, 3.05) is 19.8 Å². The van der Waals surface area contributed by atoms with E-state index < -0.39 is 41.6 Å². The minimum atomic E-state index is -1.20. The lowest BCUT2D eigenvalue weighted by Crippen LogP contribution is -2.59. The van der Waals surface area contributed by atoms with E-state index in [0.29, 0.717) is 24.8 Å². The Hall–Kier alpha value is -3.57. The van der Waals surface area contributed by atoms with Gasteiger partial charge in [-0.25, -0.2) is 4.68 Å². The minimum absolute atomic E-state index is 0.0215. The number of benzene rings is 1. The normalized spacial score (nSPS) is 27.7. The molecule has 11 heteroatoms. The largest absolute Gasteiger partial charge is 0.461 e. The van der Waals surface area contributed by atoms with Crippen LogP contribution in [0.15, 0.2) is 49.6 Å². The second kappa shape index (κ2) is 11.1. The number of para-hydroxylation sites is 1. The zero-order valence-corrected chi connectivity index (χ0v) is 23.0. The molecule has 2 amide bonds. The molecule has 3 aliphatic rings. The highest BCUT2D eigenvalue weighted by molar-refractivity contribution is 5.98. The fraction of sp³-hybridized carbons (Fsp3) is 0.552. The lowest BCUT2D eigenvalue weighted by molar-refractivity contribution is -0.156. The predicted molar refractivity (Wildman–Crippen MR) is 145 cm³/mol. The summed E-state index contributed by atoms with van der Waals surface area (Å²) in [6, 6.07) is 5.80. The molecule has 2 unspecified atom stereocenters. The Morgan fingerprint density at radius 2 is 2.08 bits per heavy atom. The highest BCUT2D eigenvalue weighted by Crippen LogP contribution is 2.59. The van der Waals surface area contributed by atoms with Crippen molar-refractivity contribution in [3.63, 3.8) is 0 Å². The van der Waals surface area contributed by atoms with Crippen molar-refractivity contribution >= 4 is 28.8 Å². The average molecular weight is 552 g/mol. The van der Waals surface area contributed by atoms with Gasteiger partial charge in [-0.15, -0.1) is 11.7 Å². The Kier molecular flexibility index (Phi) is 7.78. The Morgan fingerprint density at radius 3 is 2.77 bits per heavy atom. The van der Waals surface area contributed by atoms with Crippen molar-refractivity contribution in [1.29, 1.82) is 0 Å². The Labute approximate surface area is 233 Å². The molecule has 3 fully saturated rings. The predicted octanol–water partition coefficient (Wildman–Crippen LogP) is 1.91. The Balaban J connectivity index is 1.55. The number of rotatable bonds is 12. The fourth-order valence-electron chi connectivity index (χ4n) is 6.82. The zero-order chi connectivity index (χ0) is 28.6. The van der Waals surface area contributed by atoms with Gasteiger partial charge in [0.25, 0.3) is 0 Å². The molecule has 6 atom stereocenters. The number of nitrogens with zero attached hydrogens (tertiary/aromatic N) is 5. The van der Waals surface area contributed by atoms with Gasteiger partial charge in [0.05, 0.1) is 36.1 Å². The molecule has 40 heavy (non-hydrogen) atoms. The summed E-state index contributed by atoms with van der Waals surface area (Å²) in [6.07, 6.45) is 4.03. The maximum absolute atomic E-state index is 14.6. The number of likely N-dealkylation sites (tertiary alicyclic amines) is 1. The van der Waals surface area contributed by atoms with E-state index in [4.69, 9.17) is 9.47 Å². The summed E-state index contributed by atoms with van der Waals surface area (Å²) in [6.45, 7) is 11.4. The third-order valence-electron chi connectivity index (χ3n) is 8.32. The van der Waals surface area contributed by atoms with Crippen LogP contribution in [0.3, 0.4) is 0 Å². The van der Waals surface area contributed by atoms with E-state index in [1.165, 1.54) is 11.0 Å². The van der Waals surface area contributed by atoms with E-state index in [2.05, 4.69) is 23.5 Å². The van der Waals surface area contributed by atoms with Crippen molar-refractivity contribution in [3.05, 3.63) is 49.6 Å². The van der Waals surface area contributed by atoms with Crippen molar-refractivity contribution in [1.82, 2.24) is 24.8 Å². The summed E-state index contributed by atoms with van der Waals surface area (Å²) in [5, 5.41) is 18.9. The molecular formula is C29H37N5O6. The summed E-state index contributed by atoms with van der Waals surface area (Å²) >= 11 is 0. The number of aromatic nitrogens is 3. The number of esters is 1. The van der Waals surface area contributed by atoms with Crippen LogP contribution in [0.2, 0.25) is 0 Å². The van der Waals surface area contributed by atoms with Crippen LogP contribution in [0, 0.1) is 17.8 Å². The highest BCUT2D eigenvalue weighted by atomic mass is 16.6. The van der Waals surface area contributed by atoms with Gasteiger partial charge in [-0.3, -0.25) is 14.4 Å². The molecule has 4 heterocycles. The molecule has 1 N–H and O–H groups in total. The van der Waals surface area contributed by atoms with Crippen LogP contribution in [0.25, 0.3) is 11.0 Å². The van der Waals surface area contributed by atoms with E-state index in [1.807, 2.05) is 38.1 Å². The van der Waals surface area contributed by atoms with Crippen LogP contribution in [-0.2, 0) is 30.5 Å². The number of aliphatic hydroxyl groups excluding tert-OH is 1. The average Bonchev–Trinajstić information content (AvgIpc) is 3.69. The summed E-state index contributed by atoms with van der Waals surface area (Å²) in [5.74, 6) is -2.79. The topological polar surface area (TPSA) is 127 Å². The lowest BCUT2D eigenvalue weighted by atomic mass is 9.70. The van der Waals surface area contributed by atoms with Gasteiger partial charge in [-0.05, 0) is 37.3 Å². The number of amides is 2. The minimum Gasteiger partial charge on any atom is -0.461 e. The van der Waals surface area contributed by atoms with Gasteiger partial charge < -0.3 is 24.4 Å². The molecule has 3 aliphatic heterocycles. The van der Waals surface area contributed by atoms with Crippen molar-refractivity contribution in [2.45, 2.75) is 63.6 Å². The number of carbonyl (C=O) groups is 3. The van der Waals surface area contributed by atoms with E-state index >= 15 is 0 Å². The molecule has 1 aromatic carbocycles. The van der Waals surface area contributed by atoms with E-state index in [0.717, 1.165) is 5.52 Å². The molecular weight excluding hydrogens is 514 g/mol. The monoisotopic (exact) mass is 551 g/mol. The number of ether oxygens (including phenoxy) is 2.